The van der Waals surface area contributed by atoms with Crippen molar-refractivity contribution in [2.75, 3.05) is 19.0 Å². The number of esters is 1. The number of halogens is 1. The number of ether oxygens (including phenoxy) is 2. The van der Waals surface area contributed by atoms with Gasteiger partial charge < -0.3 is 20.5 Å². The van der Waals surface area contributed by atoms with Crippen LogP contribution in [0.2, 0.25) is 0 Å². The van der Waals surface area contributed by atoms with E-state index < -0.39 is 30.2 Å². The Morgan fingerprint density at radius 3 is 2.73 bits per heavy atom. The van der Waals surface area contributed by atoms with Crippen molar-refractivity contribution < 1.29 is 28.2 Å². The number of thiophene rings is 1. The highest BCUT2D eigenvalue weighted by Crippen LogP contribution is 2.22. The molecule has 1 heterocycles. The van der Waals surface area contributed by atoms with Gasteiger partial charge in [-0.3, -0.25) is 9.59 Å². The minimum absolute atomic E-state index is 0.0882. The van der Waals surface area contributed by atoms with Crippen molar-refractivity contribution in [3.05, 3.63) is 52.7 Å². The first kappa shape index (κ1) is 19.1. The zero-order valence-electron chi connectivity index (χ0n) is 13.7. The van der Waals surface area contributed by atoms with Crippen LogP contribution in [0, 0.1) is 5.82 Å². The van der Waals surface area contributed by atoms with Gasteiger partial charge >= 0.3 is 5.97 Å². The van der Waals surface area contributed by atoms with Gasteiger partial charge in [0, 0.05) is 6.08 Å². The van der Waals surface area contributed by atoms with Crippen molar-refractivity contribution in [2.45, 2.75) is 0 Å². The summed E-state index contributed by atoms with van der Waals surface area (Å²) in [6.07, 6.45) is 2.40. The van der Waals surface area contributed by atoms with Crippen LogP contribution in [0.15, 0.2) is 35.7 Å². The summed E-state index contributed by atoms with van der Waals surface area (Å²) in [5.41, 5.74) is 5.77. The highest BCUT2D eigenvalue weighted by atomic mass is 32.1. The molecule has 1 aromatic heterocycles. The molecule has 0 aliphatic carbocycles. The van der Waals surface area contributed by atoms with Crippen molar-refractivity contribution in [2.24, 2.45) is 5.73 Å². The summed E-state index contributed by atoms with van der Waals surface area (Å²) in [6, 6.07) is 5.65. The number of benzene rings is 1. The van der Waals surface area contributed by atoms with E-state index in [9.17, 15) is 18.8 Å². The molecule has 26 heavy (non-hydrogen) atoms. The Hall–Kier alpha value is -3.20. The minimum Gasteiger partial charge on any atom is -0.494 e. The minimum atomic E-state index is -0.780. The van der Waals surface area contributed by atoms with Crippen LogP contribution < -0.4 is 15.8 Å². The maximum atomic E-state index is 13.5. The summed E-state index contributed by atoms with van der Waals surface area (Å²) in [5.74, 6) is -2.55. The third-order valence-corrected chi connectivity index (χ3v) is 3.95. The van der Waals surface area contributed by atoms with Gasteiger partial charge in [-0.15, -0.1) is 11.3 Å². The summed E-state index contributed by atoms with van der Waals surface area (Å²) in [5, 5.41) is 4.31. The first-order valence-corrected chi connectivity index (χ1v) is 8.14. The van der Waals surface area contributed by atoms with E-state index in [-0.39, 0.29) is 16.3 Å². The summed E-state index contributed by atoms with van der Waals surface area (Å²) >= 11 is 1.12. The average Bonchev–Trinajstić information content (AvgIpc) is 3.06. The van der Waals surface area contributed by atoms with Gasteiger partial charge in [-0.05, 0) is 35.2 Å². The number of hydrogen-bond acceptors (Lipinski definition) is 6. The van der Waals surface area contributed by atoms with Gasteiger partial charge in [-0.25, -0.2) is 9.18 Å². The third kappa shape index (κ3) is 5.15. The molecule has 9 heteroatoms. The molecule has 136 valence electrons. The molecule has 0 aliphatic rings. The second-order valence-corrected chi connectivity index (χ2v) is 5.83. The van der Waals surface area contributed by atoms with Gasteiger partial charge in [0.15, 0.2) is 18.2 Å². The highest BCUT2D eigenvalue weighted by molar-refractivity contribution is 7.14. The van der Waals surface area contributed by atoms with Crippen LogP contribution in [0.5, 0.6) is 5.75 Å². The van der Waals surface area contributed by atoms with Gasteiger partial charge in [0.2, 0.25) is 0 Å². The lowest BCUT2D eigenvalue weighted by molar-refractivity contribution is -0.142. The molecule has 0 saturated carbocycles. The van der Waals surface area contributed by atoms with E-state index >= 15 is 0 Å². The Bertz CT molecular complexity index is 863. The van der Waals surface area contributed by atoms with E-state index in [1.165, 1.54) is 31.4 Å². The van der Waals surface area contributed by atoms with E-state index in [4.69, 9.17) is 15.2 Å². The molecule has 0 spiro atoms. The lowest BCUT2D eigenvalue weighted by atomic mass is 10.2. The molecule has 0 saturated heterocycles. The number of methoxy groups -OCH3 is 1. The van der Waals surface area contributed by atoms with Gasteiger partial charge in [-0.2, -0.15) is 0 Å². The molecule has 1 aromatic carbocycles. The number of nitrogens with two attached hydrogens (primary N) is 1. The van der Waals surface area contributed by atoms with Crippen LogP contribution in [-0.2, 0) is 14.3 Å². The Kier molecular flexibility index (Phi) is 6.45. The number of rotatable bonds is 7. The summed E-state index contributed by atoms with van der Waals surface area (Å²) in [6.45, 7) is -0.545. The number of hydrogen-bond donors (Lipinski definition) is 2. The van der Waals surface area contributed by atoms with E-state index in [1.807, 2.05) is 0 Å². The second kappa shape index (κ2) is 8.77. The molecular weight excluding hydrogens is 363 g/mol. The van der Waals surface area contributed by atoms with E-state index in [1.54, 1.807) is 11.4 Å². The smallest absolute Gasteiger partial charge is 0.331 e. The molecular formula is C17H15FN2O5S. The third-order valence-electron chi connectivity index (χ3n) is 3.12. The number of amides is 2. The monoisotopic (exact) mass is 378 g/mol. The first-order chi connectivity index (χ1) is 12.4. The molecule has 3 N–H and O–H groups in total. The van der Waals surface area contributed by atoms with Crippen LogP contribution in [0.4, 0.5) is 9.39 Å². The molecule has 0 unspecified atom stereocenters. The fourth-order valence-electron chi connectivity index (χ4n) is 1.90. The van der Waals surface area contributed by atoms with Crippen molar-refractivity contribution in [3.63, 3.8) is 0 Å². The number of nitrogens with one attached hydrogen (secondary N) is 1. The van der Waals surface area contributed by atoms with Gasteiger partial charge in [0.05, 0.1) is 12.7 Å². The molecule has 2 amide bonds. The Morgan fingerprint density at radius 2 is 2.08 bits per heavy atom. The first-order valence-electron chi connectivity index (χ1n) is 7.26. The molecule has 2 rings (SSSR count). The molecule has 0 bridgehead atoms. The summed E-state index contributed by atoms with van der Waals surface area (Å²) < 4.78 is 23.1. The van der Waals surface area contributed by atoms with E-state index in [0.717, 1.165) is 17.4 Å². The van der Waals surface area contributed by atoms with Gasteiger partial charge in [-0.1, -0.05) is 6.07 Å². The fraction of sp³-hybridized carbons (Fsp3) is 0.118. The maximum Gasteiger partial charge on any atom is 0.331 e. The SMILES string of the molecule is COc1ccc(/C=C/C(=O)OCC(=O)Nc2sccc2C(N)=O)cc1F. The van der Waals surface area contributed by atoms with Crippen LogP contribution in [0.1, 0.15) is 15.9 Å². The standard InChI is InChI=1S/C17H15FN2O5S/c1-24-13-4-2-10(8-12(13)18)3-5-15(22)25-9-14(21)20-17-11(16(19)23)6-7-26-17/h2-8H,9H2,1H3,(H2,19,23)(H,20,21)/b5-3+. The predicted molar refractivity (Wildman–Crippen MR) is 94.4 cm³/mol. The van der Waals surface area contributed by atoms with E-state index in [0.29, 0.717) is 5.56 Å². The van der Waals surface area contributed by atoms with Gasteiger partial charge in [0.1, 0.15) is 5.00 Å². The Balaban J connectivity index is 1.86. The molecule has 0 aliphatic heterocycles. The molecule has 0 radical (unpaired) electrons. The number of anilines is 1. The Morgan fingerprint density at radius 1 is 1.31 bits per heavy atom. The number of carbonyl (C=O) groups is 3. The van der Waals surface area contributed by atoms with Crippen molar-refractivity contribution >= 4 is 40.2 Å². The topological polar surface area (TPSA) is 108 Å². The largest absolute Gasteiger partial charge is 0.494 e. The quantitative estimate of drug-likeness (QED) is 0.567. The normalized spacial score (nSPS) is 10.5. The van der Waals surface area contributed by atoms with Crippen molar-refractivity contribution in [3.8, 4) is 5.75 Å². The molecule has 0 atom stereocenters. The van der Waals surface area contributed by atoms with Gasteiger partial charge in [0.25, 0.3) is 11.8 Å². The van der Waals surface area contributed by atoms with Crippen molar-refractivity contribution in [1.82, 2.24) is 0 Å². The highest BCUT2D eigenvalue weighted by Gasteiger charge is 2.13. The molecule has 0 fully saturated rings. The van der Waals surface area contributed by atoms with Crippen molar-refractivity contribution in [1.29, 1.82) is 0 Å². The van der Waals surface area contributed by atoms with Crippen LogP contribution in [0.3, 0.4) is 0 Å². The summed E-state index contributed by atoms with van der Waals surface area (Å²) in [4.78, 5) is 34.5. The maximum absolute atomic E-state index is 13.5. The molecule has 2 aromatic rings. The Labute approximate surface area is 152 Å². The number of carbonyl (C=O) groups excluding carboxylic acids is 3. The summed E-state index contributed by atoms with van der Waals surface area (Å²) in [7, 11) is 1.35. The predicted octanol–water partition coefficient (Wildman–Crippen LogP) is 2.19. The fourth-order valence-corrected chi connectivity index (χ4v) is 2.71. The second-order valence-electron chi connectivity index (χ2n) is 4.91. The lowest BCUT2D eigenvalue weighted by Gasteiger charge is -2.05. The lowest BCUT2D eigenvalue weighted by Crippen LogP contribution is -2.21. The van der Waals surface area contributed by atoms with Crippen LogP contribution >= 0.6 is 11.3 Å². The average molecular weight is 378 g/mol. The zero-order chi connectivity index (χ0) is 19.1. The molecule has 7 nitrogen and oxygen atoms in total. The zero-order valence-corrected chi connectivity index (χ0v) is 14.5. The van der Waals surface area contributed by atoms with Crippen LogP contribution in [0.25, 0.3) is 6.08 Å². The van der Waals surface area contributed by atoms with Crippen LogP contribution in [-0.4, -0.2) is 31.5 Å². The van der Waals surface area contributed by atoms with E-state index in [2.05, 4.69) is 5.32 Å². The number of primary amides is 1.